The molecule has 0 radical (unpaired) electrons. The van der Waals surface area contributed by atoms with E-state index in [1.807, 2.05) is 18.2 Å². The van der Waals surface area contributed by atoms with Crippen LogP contribution in [0.2, 0.25) is 0 Å². The highest BCUT2D eigenvalue weighted by molar-refractivity contribution is 6.02. The number of nitrogens with two attached hydrogens (primary N) is 1. The second kappa shape index (κ2) is 7.07. The van der Waals surface area contributed by atoms with E-state index >= 15 is 0 Å². The number of nitrogens with zero attached hydrogens (tertiary/aromatic N) is 3. The highest BCUT2D eigenvalue weighted by atomic mass is 16.5. The molecule has 8 nitrogen and oxygen atoms in total. The molecule has 8 heteroatoms. The van der Waals surface area contributed by atoms with Crippen molar-refractivity contribution in [3.63, 3.8) is 0 Å². The van der Waals surface area contributed by atoms with Gasteiger partial charge in [0.2, 0.25) is 5.75 Å². The summed E-state index contributed by atoms with van der Waals surface area (Å²) in [6, 6.07) is 9.16. The van der Waals surface area contributed by atoms with E-state index in [9.17, 15) is 0 Å². The van der Waals surface area contributed by atoms with E-state index in [4.69, 9.17) is 24.4 Å². The first-order valence-corrected chi connectivity index (χ1v) is 8.42. The molecule has 0 aliphatic carbocycles. The van der Waals surface area contributed by atoms with Crippen molar-refractivity contribution in [2.45, 2.75) is 0 Å². The highest BCUT2D eigenvalue weighted by Gasteiger charge is 2.21. The van der Waals surface area contributed by atoms with Crippen molar-refractivity contribution in [2.75, 3.05) is 27.1 Å². The van der Waals surface area contributed by atoms with Gasteiger partial charge < -0.3 is 24.4 Å². The number of rotatable bonds is 5. The zero-order valence-corrected chi connectivity index (χ0v) is 15.6. The van der Waals surface area contributed by atoms with E-state index in [0.29, 0.717) is 45.6 Å². The maximum absolute atomic E-state index is 6.17. The number of aromatic nitrogens is 3. The van der Waals surface area contributed by atoms with E-state index in [1.165, 1.54) is 6.33 Å². The van der Waals surface area contributed by atoms with Crippen molar-refractivity contribution in [3.8, 4) is 39.8 Å². The molecule has 0 spiro atoms. The molecule has 0 atom stereocenters. The Balaban J connectivity index is 2.08. The molecule has 0 aliphatic rings. The van der Waals surface area contributed by atoms with Gasteiger partial charge >= 0.3 is 0 Å². The Kier molecular flexibility index (Phi) is 4.44. The van der Waals surface area contributed by atoms with E-state index in [-0.39, 0.29) is 0 Å². The van der Waals surface area contributed by atoms with E-state index in [0.717, 1.165) is 11.1 Å². The van der Waals surface area contributed by atoms with Gasteiger partial charge in [-0.15, -0.1) is 0 Å². The van der Waals surface area contributed by atoms with Crippen LogP contribution in [0, 0.1) is 0 Å². The van der Waals surface area contributed by atoms with Gasteiger partial charge in [-0.3, -0.25) is 0 Å². The van der Waals surface area contributed by atoms with Crippen LogP contribution in [-0.4, -0.2) is 36.3 Å². The molecule has 0 amide bonds. The smallest absolute Gasteiger partial charge is 0.203 e. The number of fused-ring (bicyclic) bond motifs is 1. The molecule has 2 N–H and O–H groups in total. The molecule has 4 rings (SSSR count). The number of furan rings is 1. The molecule has 3 heterocycles. The molecule has 4 aromatic rings. The largest absolute Gasteiger partial charge is 0.493 e. The number of benzene rings is 1. The van der Waals surface area contributed by atoms with Crippen molar-refractivity contribution < 1.29 is 18.6 Å². The van der Waals surface area contributed by atoms with Crippen molar-refractivity contribution in [1.29, 1.82) is 0 Å². The minimum atomic E-state index is 0.315. The van der Waals surface area contributed by atoms with Crippen LogP contribution in [0.4, 0.5) is 5.82 Å². The molecule has 0 fully saturated rings. The Labute approximate surface area is 160 Å². The molecule has 0 saturated heterocycles. The van der Waals surface area contributed by atoms with E-state index in [2.05, 4.69) is 15.0 Å². The van der Waals surface area contributed by atoms with Crippen LogP contribution in [0.5, 0.6) is 17.2 Å². The summed E-state index contributed by atoms with van der Waals surface area (Å²) in [6.07, 6.45) is 2.97. The Morgan fingerprint density at radius 1 is 0.929 bits per heavy atom. The summed E-state index contributed by atoms with van der Waals surface area (Å²) in [6.45, 7) is 0. The first-order chi connectivity index (χ1) is 13.7. The fourth-order valence-corrected chi connectivity index (χ4v) is 3.16. The highest BCUT2D eigenvalue weighted by Crippen LogP contribution is 2.46. The summed E-state index contributed by atoms with van der Waals surface area (Å²) < 4.78 is 22.1. The maximum Gasteiger partial charge on any atom is 0.203 e. The van der Waals surface area contributed by atoms with Crippen LogP contribution in [-0.2, 0) is 0 Å². The minimum Gasteiger partial charge on any atom is -0.493 e. The van der Waals surface area contributed by atoms with Crippen LogP contribution < -0.4 is 19.9 Å². The Morgan fingerprint density at radius 2 is 1.75 bits per heavy atom. The number of methoxy groups -OCH3 is 3. The number of ether oxygens (including phenoxy) is 3. The zero-order valence-electron chi connectivity index (χ0n) is 15.6. The standard InChI is InChI=1S/C20H18N4O4/c1-25-15-7-6-11(17(26-2)18(15)27-3)12-9-13(14-5-4-8-28-14)24-20-16(12)19(21)22-10-23-20/h4-10H,1-3H3,(H2,21,22,23,24). The van der Waals surface area contributed by atoms with Crippen LogP contribution in [0.15, 0.2) is 47.3 Å². The molecule has 0 aliphatic heterocycles. The molecule has 0 saturated carbocycles. The van der Waals surface area contributed by atoms with E-state index < -0.39 is 0 Å². The predicted molar refractivity (Wildman–Crippen MR) is 105 cm³/mol. The Morgan fingerprint density at radius 3 is 2.43 bits per heavy atom. The lowest BCUT2D eigenvalue weighted by molar-refractivity contribution is 0.325. The van der Waals surface area contributed by atoms with E-state index in [1.54, 1.807) is 39.7 Å². The average Bonchev–Trinajstić information content (AvgIpc) is 3.26. The molecule has 0 bridgehead atoms. The van der Waals surface area contributed by atoms with Crippen LogP contribution in [0.3, 0.4) is 0 Å². The molecular formula is C20H18N4O4. The van der Waals surface area contributed by atoms with Gasteiger partial charge in [-0.05, 0) is 30.3 Å². The van der Waals surface area contributed by atoms with Crippen molar-refractivity contribution in [3.05, 3.63) is 42.9 Å². The van der Waals surface area contributed by atoms with Gasteiger partial charge in [0.05, 0.1) is 33.0 Å². The second-order valence-corrected chi connectivity index (χ2v) is 5.87. The van der Waals surface area contributed by atoms with Gasteiger partial charge in [-0.25, -0.2) is 15.0 Å². The van der Waals surface area contributed by atoms with Crippen LogP contribution in [0.1, 0.15) is 0 Å². The number of hydrogen-bond acceptors (Lipinski definition) is 8. The first kappa shape index (κ1) is 17.6. The van der Waals surface area contributed by atoms with Gasteiger partial charge in [-0.2, -0.15) is 0 Å². The van der Waals surface area contributed by atoms with Crippen LogP contribution >= 0.6 is 0 Å². The summed E-state index contributed by atoms with van der Waals surface area (Å²) in [5, 5.41) is 0.614. The monoisotopic (exact) mass is 378 g/mol. The van der Waals surface area contributed by atoms with Gasteiger partial charge in [0.15, 0.2) is 22.9 Å². The third-order valence-electron chi connectivity index (χ3n) is 4.40. The van der Waals surface area contributed by atoms with Crippen molar-refractivity contribution >= 4 is 16.9 Å². The summed E-state index contributed by atoms with van der Waals surface area (Å²) in [7, 11) is 4.69. The third-order valence-corrected chi connectivity index (χ3v) is 4.40. The quantitative estimate of drug-likeness (QED) is 0.562. The number of pyridine rings is 1. The van der Waals surface area contributed by atoms with Gasteiger partial charge in [0.25, 0.3) is 0 Å². The molecule has 1 aromatic carbocycles. The zero-order chi connectivity index (χ0) is 19.7. The van der Waals surface area contributed by atoms with Crippen molar-refractivity contribution in [2.24, 2.45) is 0 Å². The number of nitrogen functional groups attached to an aromatic ring is 1. The summed E-state index contributed by atoms with van der Waals surface area (Å²) >= 11 is 0. The molecule has 0 unspecified atom stereocenters. The topological polar surface area (TPSA) is 106 Å². The normalized spacial score (nSPS) is 10.8. The van der Waals surface area contributed by atoms with Gasteiger partial charge in [-0.1, -0.05) is 0 Å². The van der Waals surface area contributed by atoms with Crippen molar-refractivity contribution in [1.82, 2.24) is 15.0 Å². The first-order valence-electron chi connectivity index (χ1n) is 8.42. The van der Waals surface area contributed by atoms with Gasteiger partial charge in [0, 0.05) is 11.1 Å². The van der Waals surface area contributed by atoms with Crippen LogP contribution in [0.25, 0.3) is 33.6 Å². The molecule has 142 valence electrons. The fourth-order valence-electron chi connectivity index (χ4n) is 3.16. The lowest BCUT2D eigenvalue weighted by Crippen LogP contribution is -2.01. The predicted octanol–water partition coefficient (Wildman–Crippen LogP) is 3.56. The molecule has 3 aromatic heterocycles. The third kappa shape index (κ3) is 2.75. The summed E-state index contributed by atoms with van der Waals surface area (Å²) in [5.41, 5.74) is 8.72. The fraction of sp³-hybridized carbons (Fsp3) is 0.150. The Hall–Kier alpha value is -3.81. The Bertz CT molecular complexity index is 1140. The average molecular weight is 378 g/mol. The second-order valence-electron chi connectivity index (χ2n) is 5.87. The lowest BCUT2D eigenvalue weighted by atomic mass is 9.99. The SMILES string of the molecule is COc1ccc(-c2cc(-c3ccco3)nc3ncnc(N)c23)c(OC)c1OC. The summed E-state index contributed by atoms with van der Waals surface area (Å²) in [4.78, 5) is 13.0. The summed E-state index contributed by atoms with van der Waals surface area (Å²) in [5.74, 6) is 2.46. The molecule has 28 heavy (non-hydrogen) atoms. The molecular weight excluding hydrogens is 360 g/mol. The number of anilines is 1. The minimum absolute atomic E-state index is 0.315. The maximum atomic E-state index is 6.17. The lowest BCUT2D eigenvalue weighted by Gasteiger charge is -2.17. The van der Waals surface area contributed by atoms with Gasteiger partial charge in [0.1, 0.15) is 17.8 Å². The number of hydrogen-bond donors (Lipinski definition) is 1.